The predicted octanol–water partition coefficient (Wildman–Crippen LogP) is 2.17. The molecule has 23 heavy (non-hydrogen) atoms. The average Bonchev–Trinajstić information content (AvgIpc) is 2.59. The number of carbonyl (C=O) groups excluding carboxylic acids is 1. The molecule has 0 aliphatic carbocycles. The van der Waals surface area contributed by atoms with E-state index in [1.807, 2.05) is 43.5 Å². The monoisotopic (exact) mass is 311 g/mol. The van der Waals surface area contributed by atoms with Crippen molar-refractivity contribution >= 4 is 11.6 Å². The molecule has 0 saturated heterocycles. The molecule has 1 amide bonds. The molecule has 120 valence electrons. The number of benzene rings is 1. The summed E-state index contributed by atoms with van der Waals surface area (Å²) in [5.74, 6) is 0.826. The molecule has 0 bridgehead atoms. The number of ether oxygens (including phenoxy) is 1. The van der Waals surface area contributed by atoms with Gasteiger partial charge in [0.25, 0.3) is 0 Å². The number of hydrogen-bond acceptors (Lipinski definition) is 4. The van der Waals surface area contributed by atoms with Crippen molar-refractivity contribution in [1.29, 1.82) is 0 Å². The van der Waals surface area contributed by atoms with Crippen molar-refractivity contribution in [3.8, 4) is 5.75 Å². The summed E-state index contributed by atoms with van der Waals surface area (Å²) < 4.78 is 5.67. The van der Waals surface area contributed by atoms with E-state index in [0.717, 1.165) is 29.0 Å². The number of fused-ring (bicyclic) bond motifs is 1. The highest BCUT2D eigenvalue weighted by Crippen LogP contribution is 2.26. The number of aryl methyl sites for hydroxylation is 1. The fraction of sp³-hybridized carbons (Fsp3) is 0.333. The lowest BCUT2D eigenvalue weighted by molar-refractivity contribution is -0.126. The predicted molar refractivity (Wildman–Crippen MR) is 89.6 cm³/mol. The number of rotatable bonds is 5. The van der Waals surface area contributed by atoms with E-state index in [0.29, 0.717) is 19.7 Å². The minimum Gasteiger partial charge on any atom is -0.492 e. The summed E-state index contributed by atoms with van der Waals surface area (Å²) in [5.41, 5.74) is 3.24. The maximum atomic E-state index is 12.3. The lowest BCUT2D eigenvalue weighted by atomic mass is 9.96. The molecule has 1 aliphatic rings. The quantitative estimate of drug-likeness (QED) is 0.831. The van der Waals surface area contributed by atoms with Crippen molar-refractivity contribution < 1.29 is 9.53 Å². The normalized spacial score (nSPS) is 16.1. The maximum absolute atomic E-state index is 12.3. The van der Waals surface area contributed by atoms with Crippen LogP contribution in [0.4, 0.5) is 5.69 Å². The van der Waals surface area contributed by atoms with Crippen molar-refractivity contribution in [2.75, 3.05) is 25.0 Å². The van der Waals surface area contributed by atoms with Gasteiger partial charge >= 0.3 is 0 Å². The molecule has 1 aliphatic heterocycles. The summed E-state index contributed by atoms with van der Waals surface area (Å²) >= 11 is 0. The molecule has 0 saturated carbocycles. The molecular formula is C18H21N3O2. The van der Waals surface area contributed by atoms with E-state index in [-0.39, 0.29) is 11.8 Å². The standard InChI is InChI=1S/C18H21N3O2/c1-13-11-19-7-6-16(13)20-8-9-21-18(22)15-10-14-4-2-3-5-17(14)23-12-15/h2-7,11,15H,8-10,12H2,1H3,(H,19,20)(H,21,22)/t15-/m0/s1. The molecule has 3 rings (SSSR count). The third-order valence-electron chi connectivity index (χ3n) is 4.01. The van der Waals surface area contributed by atoms with Gasteiger partial charge in [-0.1, -0.05) is 18.2 Å². The fourth-order valence-corrected chi connectivity index (χ4v) is 2.70. The van der Waals surface area contributed by atoms with Gasteiger partial charge in [0.15, 0.2) is 0 Å². The van der Waals surface area contributed by atoms with Gasteiger partial charge in [-0.25, -0.2) is 0 Å². The number of nitrogens with one attached hydrogen (secondary N) is 2. The molecule has 2 N–H and O–H groups in total. The van der Waals surface area contributed by atoms with Gasteiger partial charge in [-0.15, -0.1) is 0 Å². The summed E-state index contributed by atoms with van der Waals surface area (Å²) in [6.45, 7) is 3.71. The van der Waals surface area contributed by atoms with Crippen LogP contribution in [0.5, 0.6) is 5.75 Å². The van der Waals surface area contributed by atoms with Crippen LogP contribution in [0.3, 0.4) is 0 Å². The second kappa shape index (κ2) is 7.13. The molecule has 2 aromatic rings. The second-order valence-electron chi connectivity index (χ2n) is 5.73. The molecule has 5 heteroatoms. The van der Waals surface area contributed by atoms with Crippen LogP contribution in [-0.2, 0) is 11.2 Å². The van der Waals surface area contributed by atoms with Gasteiger partial charge in [0.1, 0.15) is 12.4 Å². The molecular weight excluding hydrogens is 290 g/mol. The van der Waals surface area contributed by atoms with E-state index in [9.17, 15) is 4.79 Å². The molecule has 5 nitrogen and oxygen atoms in total. The molecule has 0 radical (unpaired) electrons. The molecule has 1 atom stereocenters. The number of anilines is 1. The molecule has 2 heterocycles. The highest BCUT2D eigenvalue weighted by Gasteiger charge is 2.25. The van der Waals surface area contributed by atoms with E-state index < -0.39 is 0 Å². The zero-order valence-corrected chi connectivity index (χ0v) is 13.2. The number of pyridine rings is 1. The Morgan fingerprint density at radius 2 is 2.17 bits per heavy atom. The van der Waals surface area contributed by atoms with Gasteiger partial charge in [-0.3, -0.25) is 9.78 Å². The van der Waals surface area contributed by atoms with E-state index in [4.69, 9.17) is 4.74 Å². The summed E-state index contributed by atoms with van der Waals surface area (Å²) in [6.07, 6.45) is 4.31. The van der Waals surface area contributed by atoms with Crippen LogP contribution in [0.2, 0.25) is 0 Å². The van der Waals surface area contributed by atoms with Crippen molar-refractivity contribution in [1.82, 2.24) is 10.3 Å². The third kappa shape index (κ3) is 3.80. The topological polar surface area (TPSA) is 63.2 Å². The van der Waals surface area contributed by atoms with Gasteiger partial charge in [-0.05, 0) is 36.6 Å². The number of hydrogen-bond donors (Lipinski definition) is 2. The zero-order chi connectivity index (χ0) is 16.1. The SMILES string of the molecule is Cc1cnccc1NCCNC(=O)[C@@H]1COc2ccccc2C1. The minimum atomic E-state index is -0.118. The highest BCUT2D eigenvalue weighted by molar-refractivity contribution is 5.79. The number of aromatic nitrogens is 1. The van der Waals surface area contributed by atoms with Crippen LogP contribution in [0.1, 0.15) is 11.1 Å². The van der Waals surface area contributed by atoms with Gasteiger partial charge < -0.3 is 15.4 Å². The van der Waals surface area contributed by atoms with Crippen molar-refractivity contribution in [2.24, 2.45) is 5.92 Å². The Hall–Kier alpha value is -2.56. The lowest BCUT2D eigenvalue weighted by Gasteiger charge is -2.24. The summed E-state index contributed by atoms with van der Waals surface area (Å²) in [4.78, 5) is 16.3. The Kier molecular flexibility index (Phi) is 4.76. The van der Waals surface area contributed by atoms with Crippen LogP contribution in [-0.4, -0.2) is 30.6 Å². The van der Waals surface area contributed by atoms with E-state index in [1.165, 1.54) is 0 Å². The van der Waals surface area contributed by atoms with E-state index in [1.54, 1.807) is 6.20 Å². The summed E-state index contributed by atoms with van der Waals surface area (Å²) in [7, 11) is 0. The van der Waals surface area contributed by atoms with Gasteiger partial charge in [0.05, 0.1) is 5.92 Å². The molecule has 0 unspecified atom stereocenters. The van der Waals surface area contributed by atoms with Gasteiger partial charge in [0, 0.05) is 31.2 Å². The Bertz CT molecular complexity index is 687. The number of para-hydroxylation sites is 1. The molecule has 1 aromatic heterocycles. The Labute approximate surface area is 136 Å². The number of amides is 1. The van der Waals surface area contributed by atoms with Crippen LogP contribution in [0.15, 0.2) is 42.7 Å². The fourth-order valence-electron chi connectivity index (χ4n) is 2.70. The third-order valence-corrected chi connectivity index (χ3v) is 4.01. The van der Waals surface area contributed by atoms with Gasteiger partial charge in [-0.2, -0.15) is 0 Å². The van der Waals surface area contributed by atoms with Gasteiger partial charge in [0.2, 0.25) is 5.91 Å². The van der Waals surface area contributed by atoms with Crippen molar-refractivity contribution in [2.45, 2.75) is 13.3 Å². The molecule has 0 fully saturated rings. The first-order valence-corrected chi connectivity index (χ1v) is 7.87. The zero-order valence-electron chi connectivity index (χ0n) is 13.2. The van der Waals surface area contributed by atoms with Crippen LogP contribution < -0.4 is 15.4 Å². The number of carbonyl (C=O) groups is 1. The van der Waals surface area contributed by atoms with E-state index in [2.05, 4.69) is 15.6 Å². The minimum absolute atomic E-state index is 0.0488. The van der Waals surface area contributed by atoms with Crippen LogP contribution in [0, 0.1) is 12.8 Å². The Balaban J connectivity index is 1.45. The molecule has 0 spiro atoms. The molecule has 1 aromatic carbocycles. The van der Waals surface area contributed by atoms with Crippen molar-refractivity contribution in [3.63, 3.8) is 0 Å². The highest BCUT2D eigenvalue weighted by atomic mass is 16.5. The Morgan fingerprint density at radius 1 is 1.30 bits per heavy atom. The summed E-state index contributed by atoms with van der Waals surface area (Å²) in [5, 5.41) is 6.28. The number of nitrogens with zero attached hydrogens (tertiary/aromatic N) is 1. The lowest BCUT2D eigenvalue weighted by Crippen LogP contribution is -2.39. The van der Waals surface area contributed by atoms with E-state index >= 15 is 0 Å². The largest absolute Gasteiger partial charge is 0.492 e. The van der Waals surface area contributed by atoms with Crippen LogP contribution >= 0.6 is 0 Å². The maximum Gasteiger partial charge on any atom is 0.226 e. The smallest absolute Gasteiger partial charge is 0.226 e. The first kappa shape index (κ1) is 15.3. The Morgan fingerprint density at radius 3 is 3.04 bits per heavy atom. The van der Waals surface area contributed by atoms with Crippen LogP contribution in [0.25, 0.3) is 0 Å². The second-order valence-corrected chi connectivity index (χ2v) is 5.73. The first-order valence-electron chi connectivity index (χ1n) is 7.87. The first-order chi connectivity index (χ1) is 11.2. The van der Waals surface area contributed by atoms with Crippen molar-refractivity contribution in [3.05, 3.63) is 53.9 Å². The summed E-state index contributed by atoms with van der Waals surface area (Å²) in [6, 6.07) is 9.82. The average molecular weight is 311 g/mol.